The molecule has 0 spiro atoms. The number of aromatic amines is 1. The largest absolute Gasteiger partial charge is 0.495 e. The number of ketones is 1. The summed E-state index contributed by atoms with van der Waals surface area (Å²) in [5.74, 6) is -0.568. The number of hydrogen-bond donors (Lipinski definition) is 1. The molecular formula is C17H13ClN2O4. The third-order valence-electron chi connectivity index (χ3n) is 3.47. The first kappa shape index (κ1) is 16.0. The van der Waals surface area contributed by atoms with E-state index in [0.717, 1.165) is 5.52 Å². The van der Waals surface area contributed by atoms with Crippen LogP contribution in [0.15, 0.2) is 42.5 Å². The Hall–Kier alpha value is -2.86. The van der Waals surface area contributed by atoms with E-state index in [0.29, 0.717) is 21.7 Å². The number of hydrogen-bond acceptors (Lipinski definition) is 5. The number of halogens is 1. The first-order valence-electron chi connectivity index (χ1n) is 7.07. The highest BCUT2D eigenvalue weighted by molar-refractivity contribution is 6.32. The van der Waals surface area contributed by atoms with Gasteiger partial charge in [-0.1, -0.05) is 29.8 Å². The number of esters is 1. The first-order chi connectivity index (χ1) is 11.6. The maximum absolute atomic E-state index is 12.1. The minimum atomic E-state index is -0.666. The lowest BCUT2D eigenvalue weighted by molar-refractivity contribution is 0.0471. The first-order valence-corrected chi connectivity index (χ1v) is 7.45. The van der Waals surface area contributed by atoms with Crippen molar-refractivity contribution in [2.75, 3.05) is 13.7 Å². The van der Waals surface area contributed by atoms with Crippen molar-refractivity contribution in [3.8, 4) is 5.75 Å². The van der Waals surface area contributed by atoms with E-state index in [9.17, 15) is 9.59 Å². The van der Waals surface area contributed by atoms with Crippen molar-refractivity contribution in [1.29, 1.82) is 0 Å². The predicted molar refractivity (Wildman–Crippen MR) is 88.7 cm³/mol. The number of benzene rings is 2. The fraction of sp³-hybridized carbons (Fsp3) is 0.118. The molecule has 0 aliphatic carbocycles. The van der Waals surface area contributed by atoms with Gasteiger partial charge in [-0.3, -0.25) is 9.89 Å². The van der Waals surface area contributed by atoms with Gasteiger partial charge in [-0.2, -0.15) is 5.10 Å². The van der Waals surface area contributed by atoms with Gasteiger partial charge in [0.1, 0.15) is 5.75 Å². The van der Waals surface area contributed by atoms with Gasteiger partial charge in [-0.05, 0) is 24.3 Å². The van der Waals surface area contributed by atoms with Crippen LogP contribution in [0.4, 0.5) is 0 Å². The number of aromatic nitrogens is 2. The minimum absolute atomic E-state index is 0.145. The van der Waals surface area contributed by atoms with Crippen LogP contribution in [0.2, 0.25) is 5.02 Å². The van der Waals surface area contributed by atoms with Crippen molar-refractivity contribution in [2.24, 2.45) is 0 Å². The summed E-state index contributed by atoms with van der Waals surface area (Å²) in [5, 5.41) is 7.63. The van der Waals surface area contributed by atoms with Gasteiger partial charge < -0.3 is 9.47 Å². The van der Waals surface area contributed by atoms with Crippen LogP contribution >= 0.6 is 11.6 Å². The average Bonchev–Trinajstić information content (AvgIpc) is 3.03. The van der Waals surface area contributed by atoms with E-state index in [4.69, 9.17) is 21.1 Å². The monoisotopic (exact) mass is 344 g/mol. The molecule has 0 aliphatic heterocycles. The topological polar surface area (TPSA) is 81.3 Å². The molecule has 0 saturated carbocycles. The van der Waals surface area contributed by atoms with Crippen molar-refractivity contribution in [3.63, 3.8) is 0 Å². The summed E-state index contributed by atoms with van der Waals surface area (Å²) in [6.07, 6.45) is 0. The van der Waals surface area contributed by atoms with Gasteiger partial charge >= 0.3 is 5.97 Å². The molecule has 1 aromatic heterocycles. The summed E-state index contributed by atoms with van der Waals surface area (Å²) in [7, 11) is 1.48. The molecule has 0 amide bonds. The number of methoxy groups -OCH3 is 1. The van der Waals surface area contributed by atoms with E-state index in [2.05, 4.69) is 10.2 Å². The number of carbonyl (C=O) groups excluding carboxylic acids is 2. The molecule has 3 rings (SSSR count). The number of rotatable bonds is 5. The Morgan fingerprint density at radius 3 is 2.75 bits per heavy atom. The van der Waals surface area contributed by atoms with Crippen LogP contribution in [-0.2, 0) is 4.74 Å². The van der Waals surface area contributed by atoms with E-state index in [1.165, 1.54) is 13.2 Å². The predicted octanol–water partition coefficient (Wildman–Crippen LogP) is 3.26. The maximum Gasteiger partial charge on any atom is 0.359 e. The lowest BCUT2D eigenvalue weighted by Gasteiger charge is -2.06. The maximum atomic E-state index is 12.1. The van der Waals surface area contributed by atoms with E-state index in [1.807, 2.05) is 6.07 Å². The van der Waals surface area contributed by atoms with E-state index in [1.54, 1.807) is 30.3 Å². The molecule has 0 fully saturated rings. The quantitative estimate of drug-likeness (QED) is 0.567. The van der Waals surface area contributed by atoms with E-state index >= 15 is 0 Å². The van der Waals surface area contributed by atoms with Crippen molar-refractivity contribution in [3.05, 3.63) is 58.7 Å². The third-order valence-corrected chi connectivity index (χ3v) is 3.77. The normalized spacial score (nSPS) is 10.6. The molecule has 0 radical (unpaired) electrons. The molecule has 0 bridgehead atoms. The van der Waals surface area contributed by atoms with Crippen LogP contribution in [0.25, 0.3) is 10.9 Å². The molecule has 0 aliphatic rings. The molecule has 7 heteroatoms. The molecule has 3 aromatic rings. The number of Topliss-reactive ketones (excluding diaryl/α,β-unsaturated/α-hetero) is 1. The van der Waals surface area contributed by atoms with Crippen LogP contribution in [0.5, 0.6) is 5.75 Å². The molecule has 122 valence electrons. The van der Waals surface area contributed by atoms with Gasteiger partial charge in [0, 0.05) is 10.9 Å². The number of ether oxygens (including phenoxy) is 2. The molecule has 1 N–H and O–H groups in total. The van der Waals surface area contributed by atoms with Gasteiger partial charge in [-0.25, -0.2) is 4.79 Å². The number of fused-ring (bicyclic) bond motifs is 1. The molecule has 1 heterocycles. The zero-order chi connectivity index (χ0) is 17.1. The SMILES string of the molecule is COc1ccc(C(=O)COC(=O)c2n[nH]c3ccccc23)cc1Cl. The van der Waals surface area contributed by atoms with Gasteiger partial charge in [0.05, 0.1) is 17.6 Å². The van der Waals surface area contributed by atoms with Crippen LogP contribution in [0, 0.1) is 0 Å². The number of nitrogens with one attached hydrogen (secondary N) is 1. The Morgan fingerprint density at radius 1 is 1.21 bits per heavy atom. The molecule has 0 unspecified atom stereocenters. The summed E-state index contributed by atoms with van der Waals surface area (Å²) in [6.45, 7) is -0.400. The highest BCUT2D eigenvalue weighted by atomic mass is 35.5. The molecular weight excluding hydrogens is 332 g/mol. The second-order valence-corrected chi connectivity index (χ2v) is 5.37. The number of carbonyl (C=O) groups is 2. The van der Waals surface area contributed by atoms with Crippen molar-refractivity contribution >= 4 is 34.3 Å². The van der Waals surface area contributed by atoms with Crippen molar-refractivity contribution < 1.29 is 19.1 Å². The molecule has 0 saturated heterocycles. The lowest BCUT2D eigenvalue weighted by atomic mass is 10.1. The van der Waals surface area contributed by atoms with Crippen LogP contribution in [0.1, 0.15) is 20.8 Å². The Kier molecular flexibility index (Phi) is 4.48. The Labute approximate surface area is 142 Å². The highest BCUT2D eigenvalue weighted by Gasteiger charge is 2.17. The number of para-hydroxylation sites is 1. The zero-order valence-corrected chi connectivity index (χ0v) is 13.5. The second kappa shape index (κ2) is 6.72. The number of nitrogens with zero attached hydrogens (tertiary/aromatic N) is 1. The minimum Gasteiger partial charge on any atom is -0.495 e. The summed E-state index contributed by atoms with van der Waals surface area (Å²) in [4.78, 5) is 24.2. The fourth-order valence-electron chi connectivity index (χ4n) is 2.24. The summed E-state index contributed by atoms with van der Waals surface area (Å²) in [6, 6.07) is 11.8. The molecule has 6 nitrogen and oxygen atoms in total. The Balaban J connectivity index is 1.70. The molecule has 24 heavy (non-hydrogen) atoms. The lowest BCUT2D eigenvalue weighted by Crippen LogP contribution is -2.14. The smallest absolute Gasteiger partial charge is 0.359 e. The van der Waals surface area contributed by atoms with Crippen molar-refractivity contribution in [1.82, 2.24) is 10.2 Å². The average molecular weight is 345 g/mol. The van der Waals surface area contributed by atoms with Crippen molar-refractivity contribution in [2.45, 2.75) is 0 Å². The fourth-order valence-corrected chi connectivity index (χ4v) is 2.50. The molecule has 2 aromatic carbocycles. The summed E-state index contributed by atoms with van der Waals surface area (Å²) >= 11 is 5.98. The van der Waals surface area contributed by atoms with Crippen LogP contribution < -0.4 is 4.74 Å². The van der Waals surface area contributed by atoms with E-state index in [-0.39, 0.29) is 11.5 Å². The van der Waals surface area contributed by atoms with Crippen LogP contribution in [0.3, 0.4) is 0 Å². The Morgan fingerprint density at radius 2 is 2.00 bits per heavy atom. The van der Waals surface area contributed by atoms with Gasteiger partial charge in [-0.15, -0.1) is 0 Å². The highest BCUT2D eigenvalue weighted by Crippen LogP contribution is 2.25. The summed E-state index contributed by atoms with van der Waals surface area (Å²) < 4.78 is 10.1. The van der Waals surface area contributed by atoms with Gasteiger partial charge in [0.25, 0.3) is 0 Å². The summed E-state index contributed by atoms with van der Waals surface area (Å²) in [5.41, 5.74) is 1.20. The standard InChI is InChI=1S/C17H13ClN2O4/c1-23-15-7-6-10(8-12(15)18)14(21)9-24-17(22)16-11-4-2-3-5-13(11)19-20-16/h2-8H,9H2,1H3,(H,19,20). The van der Waals surface area contributed by atoms with Gasteiger partial charge in [0.15, 0.2) is 18.1 Å². The zero-order valence-electron chi connectivity index (χ0n) is 12.7. The number of H-pyrrole nitrogens is 1. The van der Waals surface area contributed by atoms with Crippen LogP contribution in [-0.4, -0.2) is 35.7 Å². The second-order valence-electron chi connectivity index (χ2n) is 4.97. The Bertz CT molecular complexity index is 920. The third kappa shape index (κ3) is 3.09. The van der Waals surface area contributed by atoms with Gasteiger partial charge in [0.2, 0.25) is 0 Å². The molecule has 0 atom stereocenters. The van der Waals surface area contributed by atoms with E-state index < -0.39 is 12.6 Å².